The maximum Gasteiger partial charge on any atom is 0.180 e. The number of hydrogen-bond donors (Lipinski definition) is 1. The van der Waals surface area contributed by atoms with Crippen molar-refractivity contribution in [3.63, 3.8) is 0 Å². The van der Waals surface area contributed by atoms with Crippen LogP contribution in [0.4, 0.5) is 0 Å². The molecule has 0 aliphatic heterocycles. The van der Waals surface area contributed by atoms with Crippen LogP contribution in [-0.4, -0.2) is 16.9 Å². The van der Waals surface area contributed by atoms with Crippen molar-refractivity contribution in [3.05, 3.63) is 40.2 Å². The first kappa shape index (κ1) is 15.7. The van der Waals surface area contributed by atoms with Crippen molar-refractivity contribution >= 4 is 11.6 Å². The molecule has 0 radical (unpaired) electrons. The molecule has 0 fully saturated rings. The molecule has 2 aromatic rings. The van der Waals surface area contributed by atoms with Crippen molar-refractivity contribution in [1.29, 1.82) is 0 Å². The van der Waals surface area contributed by atoms with E-state index in [9.17, 15) is 0 Å². The van der Waals surface area contributed by atoms with Crippen LogP contribution in [0, 0.1) is 0 Å². The molecule has 0 saturated heterocycles. The van der Waals surface area contributed by atoms with E-state index in [1.54, 1.807) is 13.2 Å². The fourth-order valence-electron chi connectivity index (χ4n) is 2.06. The van der Waals surface area contributed by atoms with E-state index in [2.05, 4.69) is 12.0 Å². The first-order valence-electron chi connectivity index (χ1n) is 6.80. The number of hydrogen-bond acceptors (Lipinski definition) is 4. The fraction of sp³-hybridized carbons (Fsp3) is 0.400. The van der Waals surface area contributed by atoms with Gasteiger partial charge in [0.15, 0.2) is 11.5 Å². The summed E-state index contributed by atoms with van der Waals surface area (Å²) in [6.07, 6.45) is 0.892. The highest BCUT2D eigenvalue weighted by Crippen LogP contribution is 2.36. The molecule has 2 rings (SSSR count). The van der Waals surface area contributed by atoms with Crippen molar-refractivity contribution in [2.75, 3.05) is 7.11 Å². The summed E-state index contributed by atoms with van der Waals surface area (Å²) < 4.78 is 13.0. The quantitative estimate of drug-likeness (QED) is 0.891. The van der Waals surface area contributed by atoms with Crippen LogP contribution in [0.2, 0.25) is 5.02 Å². The SMILES string of the molecule is CCc1cc(COc2c(Cl)cc(CN)cc2OC)n(C)n1. The van der Waals surface area contributed by atoms with Crippen molar-refractivity contribution in [3.8, 4) is 11.5 Å². The summed E-state index contributed by atoms with van der Waals surface area (Å²) in [7, 11) is 3.48. The van der Waals surface area contributed by atoms with E-state index in [1.807, 2.05) is 23.9 Å². The molecule has 1 heterocycles. The van der Waals surface area contributed by atoms with Gasteiger partial charge in [-0.3, -0.25) is 4.68 Å². The minimum Gasteiger partial charge on any atom is -0.493 e. The van der Waals surface area contributed by atoms with E-state index >= 15 is 0 Å². The molecule has 0 spiro atoms. The van der Waals surface area contributed by atoms with E-state index in [-0.39, 0.29) is 0 Å². The average Bonchev–Trinajstić information content (AvgIpc) is 2.85. The minimum atomic E-state index is 0.377. The summed E-state index contributed by atoms with van der Waals surface area (Å²) in [6, 6.07) is 5.65. The number of benzene rings is 1. The number of methoxy groups -OCH3 is 1. The summed E-state index contributed by atoms with van der Waals surface area (Å²) in [6.45, 7) is 2.85. The normalized spacial score (nSPS) is 10.7. The molecule has 2 N–H and O–H groups in total. The van der Waals surface area contributed by atoms with Crippen LogP contribution < -0.4 is 15.2 Å². The first-order valence-corrected chi connectivity index (χ1v) is 7.17. The molecule has 0 saturated carbocycles. The molecule has 21 heavy (non-hydrogen) atoms. The lowest BCUT2D eigenvalue weighted by molar-refractivity contribution is 0.276. The van der Waals surface area contributed by atoms with Gasteiger partial charge in [0.25, 0.3) is 0 Å². The van der Waals surface area contributed by atoms with E-state index in [0.717, 1.165) is 23.4 Å². The minimum absolute atomic E-state index is 0.377. The predicted molar refractivity (Wildman–Crippen MR) is 82.8 cm³/mol. The summed E-state index contributed by atoms with van der Waals surface area (Å²) in [5, 5.41) is 4.88. The lowest BCUT2D eigenvalue weighted by atomic mass is 10.2. The van der Waals surface area contributed by atoms with Crippen LogP contribution >= 0.6 is 11.6 Å². The van der Waals surface area contributed by atoms with Gasteiger partial charge in [-0.25, -0.2) is 0 Å². The lowest BCUT2D eigenvalue weighted by Crippen LogP contribution is -2.05. The number of nitrogens with two attached hydrogens (primary N) is 1. The number of rotatable bonds is 6. The number of halogens is 1. The van der Waals surface area contributed by atoms with Gasteiger partial charge in [-0.05, 0) is 30.2 Å². The standard InChI is InChI=1S/C15H20ClN3O2/c1-4-11-7-12(19(2)18-11)9-21-15-13(16)5-10(8-17)6-14(15)20-3/h5-7H,4,8-9,17H2,1-3H3. The van der Waals surface area contributed by atoms with Gasteiger partial charge in [0, 0.05) is 13.6 Å². The molecule has 5 nitrogen and oxygen atoms in total. The van der Waals surface area contributed by atoms with Gasteiger partial charge in [-0.1, -0.05) is 18.5 Å². The Labute approximate surface area is 129 Å². The molecule has 1 aromatic carbocycles. The largest absolute Gasteiger partial charge is 0.493 e. The summed E-state index contributed by atoms with van der Waals surface area (Å²) in [5.74, 6) is 1.11. The Hall–Kier alpha value is -1.72. The molecular formula is C15H20ClN3O2. The monoisotopic (exact) mass is 309 g/mol. The highest BCUT2D eigenvalue weighted by Gasteiger charge is 2.13. The van der Waals surface area contributed by atoms with E-state index in [0.29, 0.717) is 29.7 Å². The maximum absolute atomic E-state index is 6.25. The maximum atomic E-state index is 6.25. The number of ether oxygens (including phenoxy) is 2. The van der Waals surface area contributed by atoms with Gasteiger partial charge in [-0.15, -0.1) is 0 Å². The highest BCUT2D eigenvalue weighted by atomic mass is 35.5. The third kappa shape index (κ3) is 3.49. The zero-order valence-electron chi connectivity index (χ0n) is 12.5. The van der Waals surface area contributed by atoms with Crippen LogP contribution in [0.25, 0.3) is 0 Å². The van der Waals surface area contributed by atoms with Crippen molar-refractivity contribution < 1.29 is 9.47 Å². The van der Waals surface area contributed by atoms with Crippen molar-refractivity contribution in [2.45, 2.75) is 26.5 Å². The van der Waals surface area contributed by atoms with Crippen molar-refractivity contribution in [2.24, 2.45) is 12.8 Å². The van der Waals surface area contributed by atoms with E-state index in [4.69, 9.17) is 26.8 Å². The second-order valence-corrected chi connectivity index (χ2v) is 5.11. The average molecular weight is 310 g/mol. The Bertz CT molecular complexity index is 626. The Kier molecular flexibility index (Phi) is 5.09. The van der Waals surface area contributed by atoms with Crippen LogP contribution in [0.15, 0.2) is 18.2 Å². The Morgan fingerprint density at radius 3 is 2.67 bits per heavy atom. The molecule has 0 aliphatic carbocycles. The second kappa shape index (κ2) is 6.83. The highest BCUT2D eigenvalue weighted by molar-refractivity contribution is 6.32. The second-order valence-electron chi connectivity index (χ2n) is 4.71. The Morgan fingerprint density at radius 1 is 1.33 bits per heavy atom. The van der Waals surface area contributed by atoms with Gasteiger partial charge < -0.3 is 15.2 Å². The Balaban J connectivity index is 2.21. The van der Waals surface area contributed by atoms with Gasteiger partial charge in [0.1, 0.15) is 6.61 Å². The van der Waals surface area contributed by atoms with Crippen molar-refractivity contribution in [1.82, 2.24) is 9.78 Å². The van der Waals surface area contributed by atoms with E-state index in [1.165, 1.54) is 0 Å². The third-order valence-corrected chi connectivity index (χ3v) is 3.56. The van der Waals surface area contributed by atoms with Gasteiger partial charge in [0.2, 0.25) is 0 Å². The predicted octanol–water partition coefficient (Wildman–Crippen LogP) is 2.68. The van der Waals surface area contributed by atoms with Gasteiger partial charge in [0.05, 0.1) is 23.5 Å². The molecule has 6 heteroatoms. The number of aromatic nitrogens is 2. The van der Waals surface area contributed by atoms with Crippen LogP contribution in [0.1, 0.15) is 23.9 Å². The molecule has 0 atom stereocenters. The topological polar surface area (TPSA) is 62.3 Å². The lowest BCUT2D eigenvalue weighted by Gasteiger charge is -2.13. The molecule has 0 unspecified atom stereocenters. The fourth-order valence-corrected chi connectivity index (χ4v) is 2.34. The summed E-state index contributed by atoms with van der Waals surface area (Å²) in [4.78, 5) is 0. The van der Waals surface area contributed by atoms with Crippen LogP contribution in [0.3, 0.4) is 0 Å². The van der Waals surface area contributed by atoms with Gasteiger partial charge >= 0.3 is 0 Å². The summed E-state index contributed by atoms with van der Waals surface area (Å²) in [5.41, 5.74) is 8.54. The molecule has 0 amide bonds. The molecule has 0 aliphatic rings. The zero-order chi connectivity index (χ0) is 15.4. The first-order chi connectivity index (χ1) is 10.1. The number of aryl methyl sites for hydroxylation is 2. The summed E-state index contributed by atoms with van der Waals surface area (Å²) >= 11 is 6.25. The smallest absolute Gasteiger partial charge is 0.180 e. The van der Waals surface area contributed by atoms with Crippen LogP contribution in [-0.2, 0) is 26.6 Å². The third-order valence-electron chi connectivity index (χ3n) is 3.28. The van der Waals surface area contributed by atoms with Crippen LogP contribution in [0.5, 0.6) is 11.5 Å². The molecule has 0 bridgehead atoms. The zero-order valence-corrected chi connectivity index (χ0v) is 13.3. The number of nitrogens with zero attached hydrogens (tertiary/aromatic N) is 2. The van der Waals surface area contributed by atoms with E-state index < -0.39 is 0 Å². The van der Waals surface area contributed by atoms with Gasteiger partial charge in [-0.2, -0.15) is 5.10 Å². The molecule has 114 valence electrons. The molecular weight excluding hydrogens is 290 g/mol. The molecule has 1 aromatic heterocycles. The Morgan fingerprint density at radius 2 is 2.10 bits per heavy atom.